The molecule has 0 aliphatic rings. The largest absolute Gasteiger partial charge is 0.292 e. The molecule has 0 saturated heterocycles. The molecule has 0 atom stereocenters. The Labute approximate surface area is 119 Å². The van der Waals surface area contributed by atoms with E-state index >= 15 is 0 Å². The number of sulfonamides is 1. The highest BCUT2D eigenvalue weighted by atomic mass is 32.2. The molecule has 110 valence electrons. The summed E-state index contributed by atoms with van der Waals surface area (Å²) in [6.07, 6.45) is 2.16. The Morgan fingerprint density at radius 3 is 2.19 bits per heavy atom. The van der Waals surface area contributed by atoms with Gasteiger partial charge in [-0.25, -0.2) is 24.2 Å². The second kappa shape index (κ2) is 5.68. The Morgan fingerprint density at radius 2 is 1.71 bits per heavy atom. The van der Waals surface area contributed by atoms with E-state index < -0.39 is 14.9 Å². The lowest BCUT2D eigenvalue weighted by Gasteiger charge is -2.07. The van der Waals surface area contributed by atoms with Gasteiger partial charge in [0.05, 0.1) is 17.3 Å². The molecule has 0 radical (unpaired) electrons. The predicted octanol–water partition coefficient (Wildman–Crippen LogP) is 0.471. The van der Waals surface area contributed by atoms with Crippen molar-refractivity contribution in [3.8, 4) is 0 Å². The van der Waals surface area contributed by atoms with Crippen LogP contribution in [-0.2, 0) is 10.0 Å². The number of nitrogens with one attached hydrogen (secondary N) is 2. The number of benzene rings is 1. The molecule has 0 fully saturated rings. The van der Waals surface area contributed by atoms with Crippen LogP contribution >= 0.6 is 0 Å². The Kier molecular flexibility index (Phi) is 3.95. The first-order valence-electron chi connectivity index (χ1n) is 5.48. The number of nitrogen functional groups attached to an aromatic ring is 1. The highest BCUT2D eigenvalue weighted by molar-refractivity contribution is 7.92. The summed E-state index contributed by atoms with van der Waals surface area (Å²) >= 11 is 0. The summed E-state index contributed by atoms with van der Waals surface area (Å²) < 4.78 is 26.3. The van der Waals surface area contributed by atoms with Crippen LogP contribution in [0.2, 0.25) is 0 Å². The molecule has 0 unspecified atom stereocenters. The molecular formula is C10H10N6O4S. The summed E-state index contributed by atoms with van der Waals surface area (Å²) in [7, 11) is -3.88. The molecule has 4 N–H and O–H groups in total. The zero-order chi connectivity index (χ0) is 15.5. The number of nitro groups is 1. The maximum absolute atomic E-state index is 12.0. The van der Waals surface area contributed by atoms with Crippen LogP contribution in [0.15, 0.2) is 41.6 Å². The van der Waals surface area contributed by atoms with E-state index in [2.05, 4.69) is 20.1 Å². The van der Waals surface area contributed by atoms with E-state index in [9.17, 15) is 18.5 Å². The number of aromatic nitrogens is 2. The average Bonchev–Trinajstić information content (AvgIpc) is 2.47. The molecule has 1 heterocycles. The van der Waals surface area contributed by atoms with Crippen LogP contribution in [0.4, 0.5) is 17.3 Å². The minimum atomic E-state index is -3.88. The minimum absolute atomic E-state index is 0.0734. The molecule has 1 aromatic heterocycles. The molecule has 0 amide bonds. The summed E-state index contributed by atoms with van der Waals surface area (Å²) in [4.78, 5) is 17.1. The molecule has 0 aliphatic carbocycles. The van der Waals surface area contributed by atoms with Gasteiger partial charge >= 0.3 is 0 Å². The number of nitrogens with two attached hydrogens (primary N) is 1. The predicted molar refractivity (Wildman–Crippen MR) is 73.7 cm³/mol. The SMILES string of the molecule is NNc1ncc(S(=O)(=O)Nc2ccc([N+](=O)[O-])cc2)cn1. The summed E-state index contributed by atoms with van der Waals surface area (Å²) in [5, 5.41) is 10.5. The van der Waals surface area contributed by atoms with Crippen molar-refractivity contribution in [2.45, 2.75) is 4.90 Å². The number of nitro benzene ring substituents is 1. The summed E-state index contributed by atoms with van der Waals surface area (Å²) in [6.45, 7) is 0. The van der Waals surface area contributed by atoms with E-state index in [-0.39, 0.29) is 22.2 Å². The van der Waals surface area contributed by atoms with Gasteiger partial charge in [-0.2, -0.15) is 0 Å². The summed E-state index contributed by atoms with van der Waals surface area (Å²) in [6, 6.07) is 4.95. The first-order valence-corrected chi connectivity index (χ1v) is 6.96. The molecule has 10 nitrogen and oxygen atoms in total. The first-order chi connectivity index (χ1) is 9.92. The molecule has 21 heavy (non-hydrogen) atoms. The van der Waals surface area contributed by atoms with Gasteiger partial charge in [0.2, 0.25) is 5.95 Å². The molecular weight excluding hydrogens is 300 g/mol. The molecule has 2 aromatic rings. The van der Waals surface area contributed by atoms with Crippen LogP contribution in [0.25, 0.3) is 0 Å². The van der Waals surface area contributed by atoms with Gasteiger partial charge in [0, 0.05) is 17.8 Å². The number of hydrazine groups is 1. The van der Waals surface area contributed by atoms with E-state index in [1.54, 1.807) is 0 Å². The number of rotatable bonds is 5. The number of anilines is 2. The smallest absolute Gasteiger partial charge is 0.269 e. The zero-order valence-corrected chi connectivity index (χ0v) is 11.2. The molecule has 2 rings (SSSR count). The van der Waals surface area contributed by atoms with Crippen LogP contribution < -0.4 is 16.0 Å². The highest BCUT2D eigenvalue weighted by Gasteiger charge is 2.16. The fourth-order valence-electron chi connectivity index (χ4n) is 1.39. The van der Waals surface area contributed by atoms with Gasteiger partial charge in [0.1, 0.15) is 4.90 Å². The van der Waals surface area contributed by atoms with Crippen molar-refractivity contribution in [3.63, 3.8) is 0 Å². The van der Waals surface area contributed by atoms with Crippen molar-refractivity contribution < 1.29 is 13.3 Å². The van der Waals surface area contributed by atoms with Gasteiger partial charge in [-0.05, 0) is 12.1 Å². The van der Waals surface area contributed by atoms with Gasteiger partial charge < -0.3 is 0 Å². The van der Waals surface area contributed by atoms with Gasteiger partial charge in [-0.1, -0.05) is 0 Å². The third-order valence-corrected chi connectivity index (χ3v) is 3.73. The molecule has 11 heteroatoms. The topological polar surface area (TPSA) is 153 Å². The van der Waals surface area contributed by atoms with Gasteiger partial charge in [0.15, 0.2) is 0 Å². The molecule has 0 aliphatic heterocycles. The highest BCUT2D eigenvalue weighted by Crippen LogP contribution is 2.18. The van der Waals surface area contributed by atoms with Crippen LogP contribution in [0.1, 0.15) is 0 Å². The van der Waals surface area contributed by atoms with Crippen molar-refractivity contribution in [3.05, 3.63) is 46.8 Å². The number of non-ortho nitro benzene ring substituents is 1. The second-order valence-electron chi connectivity index (χ2n) is 3.80. The van der Waals surface area contributed by atoms with Crippen molar-refractivity contribution >= 4 is 27.3 Å². The fourth-order valence-corrected chi connectivity index (χ4v) is 2.34. The van der Waals surface area contributed by atoms with E-state index in [0.29, 0.717) is 0 Å². The van der Waals surface area contributed by atoms with Crippen molar-refractivity contribution in [2.75, 3.05) is 10.1 Å². The van der Waals surface area contributed by atoms with Crippen LogP contribution in [0, 0.1) is 10.1 Å². The van der Waals surface area contributed by atoms with Crippen molar-refractivity contribution in [1.29, 1.82) is 0 Å². The zero-order valence-electron chi connectivity index (χ0n) is 10.4. The first kappa shape index (κ1) is 14.6. The second-order valence-corrected chi connectivity index (χ2v) is 5.48. The Morgan fingerprint density at radius 1 is 1.14 bits per heavy atom. The van der Waals surface area contributed by atoms with Gasteiger partial charge in [-0.15, -0.1) is 0 Å². The van der Waals surface area contributed by atoms with E-state index in [1.165, 1.54) is 24.3 Å². The lowest BCUT2D eigenvalue weighted by Crippen LogP contribution is -2.15. The summed E-state index contributed by atoms with van der Waals surface area (Å²) in [5.41, 5.74) is 2.21. The maximum Gasteiger partial charge on any atom is 0.269 e. The Hall–Kier alpha value is -2.79. The van der Waals surface area contributed by atoms with Gasteiger partial charge in [0.25, 0.3) is 15.7 Å². The molecule has 0 saturated carbocycles. The number of hydrogen-bond donors (Lipinski definition) is 3. The minimum Gasteiger partial charge on any atom is -0.292 e. The van der Waals surface area contributed by atoms with Gasteiger partial charge in [-0.3, -0.25) is 20.3 Å². The van der Waals surface area contributed by atoms with E-state index in [1.807, 2.05) is 0 Å². The molecule has 0 bridgehead atoms. The van der Waals surface area contributed by atoms with Crippen LogP contribution in [0.3, 0.4) is 0 Å². The summed E-state index contributed by atoms with van der Waals surface area (Å²) in [5.74, 6) is 5.15. The monoisotopic (exact) mass is 310 g/mol. The standard InChI is InChI=1S/C10H10N6O4S/c11-14-10-12-5-9(6-13-10)21(19,20)15-7-1-3-8(4-2-7)16(17)18/h1-6,15H,11H2,(H,12,13,14). The van der Waals surface area contributed by atoms with Crippen molar-refractivity contribution in [1.82, 2.24) is 9.97 Å². The van der Waals surface area contributed by atoms with Crippen molar-refractivity contribution in [2.24, 2.45) is 5.84 Å². The fraction of sp³-hybridized carbons (Fsp3) is 0. The van der Waals surface area contributed by atoms with E-state index in [0.717, 1.165) is 12.4 Å². The maximum atomic E-state index is 12.0. The molecule has 1 aromatic carbocycles. The molecule has 0 spiro atoms. The third kappa shape index (κ3) is 3.40. The Bertz CT molecular complexity index is 744. The lowest BCUT2D eigenvalue weighted by molar-refractivity contribution is -0.384. The number of hydrogen-bond acceptors (Lipinski definition) is 8. The van der Waals surface area contributed by atoms with E-state index in [4.69, 9.17) is 5.84 Å². The lowest BCUT2D eigenvalue weighted by atomic mass is 10.3. The Balaban J connectivity index is 2.21. The van der Waals surface area contributed by atoms with Crippen LogP contribution in [-0.4, -0.2) is 23.3 Å². The average molecular weight is 310 g/mol. The van der Waals surface area contributed by atoms with Crippen LogP contribution in [0.5, 0.6) is 0 Å². The normalized spacial score (nSPS) is 10.9. The third-order valence-electron chi connectivity index (χ3n) is 2.40. The number of nitrogens with zero attached hydrogens (tertiary/aromatic N) is 3. The quantitative estimate of drug-likeness (QED) is 0.409.